The molecule has 42 heavy (non-hydrogen) atoms. The summed E-state index contributed by atoms with van der Waals surface area (Å²) in [6.45, 7) is 0. The minimum Gasteiger partial charge on any atom is -0.545 e. The van der Waals surface area contributed by atoms with Gasteiger partial charge in [-0.3, -0.25) is 0 Å². The van der Waals surface area contributed by atoms with Crippen molar-refractivity contribution in [3.05, 3.63) is 142 Å². The Kier molecular flexibility index (Phi) is 17.4. The summed E-state index contributed by atoms with van der Waals surface area (Å²) in [5, 5.41) is 45.4. The van der Waals surface area contributed by atoms with E-state index in [0.29, 0.717) is 22.3 Å². The molecule has 12 heteroatoms. The van der Waals surface area contributed by atoms with Gasteiger partial charge in [0.15, 0.2) is 0 Å². The molecule has 0 aliphatic heterocycles. The van der Waals surface area contributed by atoms with Crippen LogP contribution in [0.4, 0.5) is 0 Å². The van der Waals surface area contributed by atoms with Gasteiger partial charge in [0.2, 0.25) is 0 Å². The molecule has 4 aromatic carbocycles. The molecule has 0 aliphatic rings. The van der Waals surface area contributed by atoms with E-state index in [1.54, 1.807) is 48.5 Å². The van der Waals surface area contributed by atoms with Gasteiger partial charge in [-0.15, -0.1) is 0 Å². The first-order chi connectivity index (χ1) is 18.1. The summed E-state index contributed by atoms with van der Waals surface area (Å²) in [7, 11) is 0. The Morgan fingerprint density at radius 2 is 0.619 bits per heavy atom. The van der Waals surface area contributed by atoms with Crippen molar-refractivity contribution in [1.82, 2.24) is 0 Å². The van der Waals surface area contributed by atoms with Crippen molar-refractivity contribution in [3.63, 3.8) is 0 Å². The zero-order valence-electron chi connectivity index (χ0n) is 23.7. The number of carbonyl (C=O) groups is 4. The van der Waals surface area contributed by atoms with Crippen LogP contribution in [0.2, 0.25) is 0 Å². The summed E-state index contributed by atoms with van der Waals surface area (Å²) in [6, 6.07) is 23.9. The second kappa shape index (κ2) is 17.9. The molecule has 0 saturated carbocycles. The first-order valence-electron chi connectivity index (χ1n) is 11.4. The van der Waals surface area contributed by atoms with Crippen LogP contribution >= 0.6 is 0 Å². The van der Waals surface area contributed by atoms with E-state index in [4.69, 9.17) is 0 Å². The van der Waals surface area contributed by atoms with E-state index < -0.39 is 29.3 Å². The molecule has 0 spiro atoms. The fourth-order valence-electron chi connectivity index (χ4n) is 4.54. The predicted octanol–water partition coefficient (Wildman–Crippen LogP) is -12.3. The van der Waals surface area contributed by atoms with Crippen molar-refractivity contribution in [2.75, 3.05) is 0 Å². The Labute approximate surface area is 330 Å². The number of aromatic carboxylic acids is 4. The summed E-state index contributed by atoms with van der Waals surface area (Å²) in [4.78, 5) is 45.4. The van der Waals surface area contributed by atoms with Crippen molar-refractivity contribution in [2.24, 2.45) is 0 Å². The van der Waals surface area contributed by atoms with Gasteiger partial charge in [0.25, 0.3) is 0 Å². The predicted molar refractivity (Wildman–Crippen MR) is 127 cm³/mol. The maximum Gasteiger partial charge on any atom is 1.00 e. The smallest absolute Gasteiger partial charge is 0.545 e. The van der Waals surface area contributed by atoms with Crippen LogP contribution in [0.5, 0.6) is 0 Å². The Bertz CT molecular complexity index is 1380. The SMILES string of the molecule is O=C([O-])c1ccc(CC(c2ccc(C(=O)[O-])cc2)(c2ccc(C(=O)[O-])cc2)c2ccc(C(=O)[O-])cc2)cc1.[Na+].[Na+].[Na+].[Na+]. The van der Waals surface area contributed by atoms with Crippen molar-refractivity contribution < 1.29 is 158 Å². The van der Waals surface area contributed by atoms with Gasteiger partial charge in [-0.2, -0.15) is 0 Å². The van der Waals surface area contributed by atoms with E-state index >= 15 is 0 Å². The molecular formula is C30H18Na4O8. The number of carboxylic acid groups (broad SMARTS) is 4. The summed E-state index contributed by atoms with van der Waals surface area (Å²) in [5.41, 5.74) is 1.22. The molecule has 4 rings (SSSR count). The van der Waals surface area contributed by atoms with Crippen LogP contribution < -0.4 is 139 Å². The molecular weight excluding hydrogens is 580 g/mol. The molecule has 0 unspecified atom stereocenters. The van der Waals surface area contributed by atoms with Gasteiger partial charge in [0, 0.05) is 5.41 Å². The van der Waals surface area contributed by atoms with E-state index in [9.17, 15) is 39.6 Å². The van der Waals surface area contributed by atoms with Gasteiger partial charge >= 0.3 is 118 Å². The minimum absolute atomic E-state index is 0. The summed E-state index contributed by atoms with van der Waals surface area (Å²) >= 11 is 0. The molecule has 0 amide bonds. The Morgan fingerprint density at radius 1 is 0.405 bits per heavy atom. The van der Waals surface area contributed by atoms with Crippen LogP contribution in [-0.4, -0.2) is 23.9 Å². The van der Waals surface area contributed by atoms with Crippen molar-refractivity contribution >= 4 is 23.9 Å². The number of carbonyl (C=O) groups excluding carboxylic acids is 4. The van der Waals surface area contributed by atoms with E-state index in [1.807, 2.05) is 0 Å². The van der Waals surface area contributed by atoms with Gasteiger partial charge in [-0.05, 0) is 50.9 Å². The molecule has 0 atom stereocenters. The summed E-state index contributed by atoms with van der Waals surface area (Å²) in [6.07, 6.45) is 0.209. The van der Waals surface area contributed by atoms with Gasteiger partial charge in [-0.25, -0.2) is 0 Å². The standard InChI is InChI=1S/C30H22O8.4Na/c31-26(32)19-3-1-18(2-4-19)17-30(23-11-5-20(6-12-23)27(33)34,24-13-7-21(8-14-24)28(35)36)25-15-9-22(10-16-25)29(37)38;;;;/h1-16H,17H2,(H,31,32)(H,33,34)(H,35,36)(H,37,38);;;;/q;4*+1/p-4. The van der Waals surface area contributed by atoms with E-state index in [2.05, 4.69) is 0 Å². The monoisotopic (exact) mass is 598 g/mol. The minimum atomic E-state index is -1.36. The number of hydrogen-bond acceptors (Lipinski definition) is 8. The van der Waals surface area contributed by atoms with Gasteiger partial charge in [0.05, 0.1) is 23.9 Å². The maximum atomic E-state index is 11.4. The molecule has 8 nitrogen and oxygen atoms in total. The molecule has 0 bridgehead atoms. The van der Waals surface area contributed by atoms with Crippen LogP contribution in [0.3, 0.4) is 0 Å². The second-order valence-corrected chi connectivity index (χ2v) is 8.66. The maximum absolute atomic E-state index is 11.4. The zero-order valence-corrected chi connectivity index (χ0v) is 31.7. The Morgan fingerprint density at radius 3 is 0.833 bits per heavy atom. The average Bonchev–Trinajstić information content (AvgIpc) is 2.92. The van der Waals surface area contributed by atoms with E-state index in [0.717, 1.165) is 0 Å². The van der Waals surface area contributed by atoms with Gasteiger partial charge < -0.3 is 39.6 Å². The Balaban J connectivity index is 0.00000420. The fraction of sp³-hybridized carbons (Fsp3) is 0.0667. The van der Waals surface area contributed by atoms with Crippen LogP contribution in [0.1, 0.15) is 63.7 Å². The molecule has 0 aliphatic carbocycles. The van der Waals surface area contributed by atoms with Crippen molar-refractivity contribution in [2.45, 2.75) is 11.8 Å². The third-order valence-electron chi connectivity index (χ3n) is 6.50. The van der Waals surface area contributed by atoms with Crippen LogP contribution in [-0.2, 0) is 11.8 Å². The Hall–Kier alpha value is -1.24. The van der Waals surface area contributed by atoms with Gasteiger partial charge in [0.1, 0.15) is 0 Å². The zero-order chi connectivity index (χ0) is 27.4. The number of carboxylic acids is 4. The normalized spacial score (nSPS) is 10.0. The molecule has 0 aromatic heterocycles. The molecule has 0 fully saturated rings. The van der Waals surface area contributed by atoms with Crippen LogP contribution in [0.25, 0.3) is 0 Å². The van der Waals surface area contributed by atoms with E-state index in [1.165, 1.54) is 48.5 Å². The third kappa shape index (κ3) is 9.14. The largest absolute Gasteiger partial charge is 1.00 e. The third-order valence-corrected chi connectivity index (χ3v) is 6.50. The average molecular weight is 598 g/mol. The molecule has 4 aromatic rings. The summed E-state index contributed by atoms with van der Waals surface area (Å²) < 4.78 is 0. The van der Waals surface area contributed by atoms with Gasteiger partial charge in [-0.1, -0.05) is 97.1 Å². The quantitative estimate of drug-likeness (QED) is 0.136. The van der Waals surface area contributed by atoms with Crippen LogP contribution in [0, 0.1) is 0 Å². The number of hydrogen-bond donors (Lipinski definition) is 0. The van der Waals surface area contributed by atoms with Crippen LogP contribution in [0.15, 0.2) is 97.1 Å². The topological polar surface area (TPSA) is 161 Å². The first-order valence-corrected chi connectivity index (χ1v) is 11.4. The molecule has 190 valence electrons. The summed E-state index contributed by atoms with van der Waals surface area (Å²) in [5.74, 6) is -5.43. The molecule has 0 radical (unpaired) electrons. The molecule has 0 saturated heterocycles. The number of benzene rings is 4. The first kappa shape index (κ1) is 40.8. The van der Waals surface area contributed by atoms with E-state index in [-0.39, 0.29) is 147 Å². The number of rotatable bonds is 9. The second-order valence-electron chi connectivity index (χ2n) is 8.66. The molecule has 0 heterocycles. The van der Waals surface area contributed by atoms with Crippen molar-refractivity contribution in [3.8, 4) is 0 Å². The van der Waals surface area contributed by atoms with Crippen molar-refractivity contribution in [1.29, 1.82) is 0 Å². The fourth-order valence-corrected chi connectivity index (χ4v) is 4.54. The molecule has 0 N–H and O–H groups in total.